The van der Waals surface area contributed by atoms with E-state index in [0.29, 0.717) is 17.3 Å². The molecule has 92 valence electrons. The molecule has 2 saturated carbocycles. The molecule has 0 unspecified atom stereocenters. The molecule has 0 aromatic rings. The van der Waals surface area contributed by atoms with Gasteiger partial charge in [0.05, 0.1) is 6.57 Å². The Morgan fingerprint density at radius 2 is 2.12 bits per heavy atom. The van der Waals surface area contributed by atoms with Gasteiger partial charge in [0, 0.05) is 0 Å². The number of allylic oxidation sites excluding steroid dienone is 3. The fraction of sp³-hybridized carbons (Fsp3) is 0.688. The molecule has 0 aromatic heterocycles. The Morgan fingerprint density at radius 3 is 2.71 bits per heavy atom. The van der Waals surface area contributed by atoms with E-state index in [1.54, 1.807) is 0 Å². The zero-order valence-corrected chi connectivity index (χ0v) is 11.3. The average molecular weight is 229 g/mol. The van der Waals surface area contributed by atoms with Crippen molar-refractivity contribution in [2.45, 2.75) is 52.9 Å². The molecule has 0 spiro atoms. The van der Waals surface area contributed by atoms with Gasteiger partial charge in [0.25, 0.3) is 0 Å². The second-order valence-electron chi connectivity index (χ2n) is 6.29. The molecule has 2 rings (SSSR count). The summed E-state index contributed by atoms with van der Waals surface area (Å²) in [6.45, 7) is 18.3. The van der Waals surface area contributed by atoms with Crippen molar-refractivity contribution in [1.82, 2.24) is 0 Å². The summed E-state index contributed by atoms with van der Waals surface area (Å²) in [6.07, 6.45) is 6.24. The molecule has 0 aliphatic heterocycles. The van der Waals surface area contributed by atoms with E-state index in [9.17, 15) is 0 Å². The lowest BCUT2D eigenvalue weighted by molar-refractivity contribution is 0.185. The van der Waals surface area contributed by atoms with E-state index in [4.69, 9.17) is 6.57 Å². The van der Waals surface area contributed by atoms with Crippen molar-refractivity contribution in [3.8, 4) is 0 Å². The van der Waals surface area contributed by atoms with Gasteiger partial charge in [-0.05, 0) is 42.9 Å². The summed E-state index contributed by atoms with van der Waals surface area (Å²) in [5.74, 6) is 1.02. The first-order valence-electron chi connectivity index (χ1n) is 6.72. The van der Waals surface area contributed by atoms with Crippen LogP contribution in [-0.4, -0.2) is 0 Å². The molecule has 0 bridgehead atoms. The minimum atomic E-state index is 0.422. The van der Waals surface area contributed by atoms with Gasteiger partial charge < -0.3 is 0 Å². The topological polar surface area (TPSA) is 4.36 Å². The van der Waals surface area contributed by atoms with Gasteiger partial charge in [0.15, 0.2) is 5.70 Å². The standard InChI is InChI=1S/C16H23N/c1-11(2)15(17-5)13-8-10-16(4)9-6-7-12(3)14(13)16/h13-14H,3,6-10H2,1-2,4H3/t13-,14+,16-/m1/s1. The zero-order chi connectivity index (χ0) is 12.6. The van der Waals surface area contributed by atoms with Gasteiger partial charge in [0.1, 0.15) is 0 Å². The summed E-state index contributed by atoms with van der Waals surface area (Å²) >= 11 is 0. The highest BCUT2D eigenvalue weighted by molar-refractivity contribution is 5.28. The molecule has 3 atom stereocenters. The molecule has 0 heterocycles. The second kappa shape index (κ2) is 4.33. The highest BCUT2D eigenvalue weighted by Gasteiger charge is 2.49. The molecule has 0 N–H and O–H groups in total. The number of hydrogen-bond donors (Lipinski definition) is 0. The lowest BCUT2D eigenvalue weighted by Crippen LogP contribution is -2.31. The van der Waals surface area contributed by atoms with E-state index in [1.807, 2.05) is 0 Å². The Morgan fingerprint density at radius 1 is 1.41 bits per heavy atom. The van der Waals surface area contributed by atoms with Gasteiger partial charge >= 0.3 is 0 Å². The lowest BCUT2D eigenvalue weighted by atomic mass is 9.65. The zero-order valence-electron chi connectivity index (χ0n) is 11.3. The van der Waals surface area contributed by atoms with E-state index in [-0.39, 0.29) is 0 Å². The third-order valence-corrected chi connectivity index (χ3v) is 4.85. The van der Waals surface area contributed by atoms with Gasteiger partial charge in [-0.1, -0.05) is 44.9 Å². The van der Waals surface area contributed by atoms with Crippen LogP contribution in [0.3, 0.4) is 0 Å². The quantitative estimate of drug-likeness (QED) is 0.441. The van der Waals surface area contributed by atoms with Crippen molar-refractivity contribution >= 4 is 0 Å². The Hall–Kier alpha value is -1.03. The molecule has 0 saturated heterocycles. The summed E-state index contributed by atoms with van der Waals surface area (Å²) in [7, 11) is 0. The second-order valence-corrected chi connectivity index (χ2v) is 6.29. The number of fused-ring (bicyclic) bond motifs is 1. The van der Waals surface area contributed by atoms with Crippen LogP contribution in [0, 0.1) is 23.8 Å². The Labute approximate surface area is 105 Å². The molecule has 17 heavy (non-hydrogen) atoms. The summed E-state index contributed by atoms with van der Waals surface area (Å²) in [6, 6.07) is 0. The maximum Gasteiger partial charge on any atom is 0.167 e. The average Bonchev–Trinajstić information content (AvgIpc) is 2.58. The van der Waals surface area contributed by atoms with Crippen molar-refractivity contribution in [3.63, 3.8) is 0 Å². The summed E-state index contributed by atoms with van der Waals surface area (Å²) in [5, 5.41) is 0. The SMILES string of the molecule is [C-]#[N+]C(=C(C)C)[C@@H]1CC[C@@]2(C)CCCC(=C)[C@@H]12. The van der Waals surface area contributed by atoms with Crippen molar-refractivity contribution in [2.24, 2.45) is 17.3 Å². The maximum absolute atomic E-state index is 7.43. The molecule has 0 aromatic carbocycles. The van der Waals surface area contributed by atoms with Gasteiger partial charge in [0.2, 0.25) is 0 Å². The molecular formula is C16H23N. The smallest absolute Gasteiger partial charge is 0.167 e. The Bertz CT molecular complexity index is 406. The Balaban J connectivity index is 2.37. The summed E-state index contributed by atoms with van der Waals surface area (Å²) in [4.78, 5) is 3.81. The van der Waals surface area contributed by atoms with Crippen LogP contribution >= 0.6 is 0 Å². The predicted molar refractivity (Wildman–Crippen MR) is 72.3 cm³/mol. The van der Waals surface area contributed by atoms with Crippen LogP contribution in [0.15, 0.2) is 23.4 Å². The van der Waals surface area contributed by atoms with Crippen LogP contribution in [-0.2, 0) is 0 Å². The number of nitrogens with zero attached hydrogens (tertiary/aromatic N) is 1. The molecule has 1 nitrogen and oxygen atoms in total. The minimum absolute atomic E-state index is 0.422. The predicted octanol–water partition coefficient (Wildman–Crippen LogP) is 4.97. The number of rotatable bonds is 1. The van der Waals surface area contributed by atoms with Crippen LogP contribution < -0.4 is 0 Å². The van der Waals surface area contributed by atoms with Crippen LogP contribution in [0.4, 0.5) is 0 Å². The fourth-order valence-electron chi connectivity index (χ4n) is 4.09. The van der Waals surface area contributed by atoms with E-state index >= 15 is 0 Å². The normalized spacial score (nSPS) is 36.2. The fourth-order valence-corrected chi connectivity index (χ4v) is 4.09. The third-order valence-electron chi connectivity index (χ3n) is 4.85. The van der Waals surface area contributed by atoms with Crippen molar-refractivity contribution in [2.75, 3.05) is 0 Å². The lowest BCUT2D eigenvalue weighted by Gasteiger charge is -2.40. The van der Waals surface area contributed by atoms with Gasteiger partial charge in [-0.15, -0.1) is 0 Å². The third kappa shape index (κ3) is 1.95. The first kappa shape index (κ1) is 12.4. The minimum Gasteiger partial charge on any atom is -0.242 e. The van der Waals surface area contributed by atoms with Crippen molar-refractivity contribution in [1.29, 1.82) is 0 Å². The van der Waals surface area contributed by atoms with Gasteiger partial charge in [-0.25, -0.2) is 4.85 Å². The monoisotopic (exact) mass is 229 g/mol. The van der Waals surface area contributed by atoms with Crippen LogP contribution in [0.25, 0.3) is 4.85 Å². The maximum atomic E-state index is 7.43. The van der Waals surface area contributed by atoms with Crippen molar-refractivity contribution < 1.29 is 0 Å². The van der Waals surface area contributed by atoms with E-state index < -0.39 is 0 Å². The van der Waals surface area contributed by atoms with E-state index in [1.165, 1.54) is 43.3 Å². The summed E-state index contributed by atoms with van der Waals surface area (Å²) < 4.78 is 0. The van der Waals surface area contributed by atoms with Crippen LogP contribution in [0.5, 0.6) is 0 Å². The molecule has 0 amide bonds. The molecule has 1 heteroatoms. The molecular weight excluding hydrogens is 206 g/mol. The molecule has 2 aliphatic rings. The van der Waals surface area contributed by atoms with Crippen LogP contribution in [0.1, 0.15) is 52.9 Å². The highest BCUT2D eigenvalue weighted by Crippen LogP contribution is 2.58. The van der Waals surface area contributed by atoms with E-state index in [0.717, 1.165) is 5.70 Å². The van der Waals surface area contributed by atoms with Gasteiger partial charge in [-0.2, -0.15) is 0 Å². The first-order chi connectivity index (χ1) is 7.99. The molecule has 0 radical (unpaired) electrons. The van der Waals surface area contributed by atoms with E-state index in [2.05, 4.69) is 32.2 Å². The highest BCUT2D eigenvalue weighted by atomic mass is 14.7. The summed E-state index contributed by atoms with van der Waals surface area (Å²) in [5.41, 5.74) is 4.05. The van der Waals surface area contributed by atoms with Crippen LogP contribution in [0.2, 0.25) is 0 Å². The number of hydrogen-bond acceptors (Lipinski definition) is 0. The van der Waals surface area contributed by atoms with Crippen molar-refractivity contribution in [3.05, 3.63) is 34.8 Å². The molecule has 2 aliphatic carbocycles. The largest absolute Gasteiger partial charge is 0.242 e. The first-order valence-corrected chi connectivity index (χ1v) is 6.72. The van der Waals surface area contributed by atoms with Gasteiger partial charge in [-0.3, -0.25) is 0 Å². The molecule has 2 fully saturated rings. The Kier molecular flexibility index (Phi) is 3.17.